The van der Waals surface area contributed by atoms with Crippen LogP contribution in [0.5, 0.6) is 5.75 Å². The van der Waals surface area contributed by atoms with Gasteiger partial charge in [0, 0.05) is 33.4 Å². The molecule has 2 N–H and O–H groups in total. The summed E-state index contributed by atoms with van der Waals surface area (Å²) in [6.45, 7) is 0. The van der Waals surface area contributed by atoms with Gasteiger partial charge in [-0.15, -0.1) is 0 Å². The summed E-state index contributed by atoms with van der Waals surface area (Å²) in [6.07, 6.45) is 0. The van der Waals surface area contributed by atoms with Crippen molar-refractivity contribution in [1.29, 1.82) is 0 Å². The molecule has 0 saturated heterocycles. The first-order valence-corrected chi connectivity index (χ1v) is 9.95. The molecule has 0 aliphatic heterocycles. The van der Waals surface area contributed by atoms with Gasteiger partial charge in [-0.25, -0.2) is 9.59 Å². The lowest BCUT2D eigenvalue weighted by Crippen LogP contribution is -1.99. The van der Waals surface area contributed by atoms with E-state index in [1.807, 2.05) is 22.6 Å². The van der Waals surface area contributed by atoms with Gasteiger partial charge in [-0.1, -0.05) is 18.2 Å². The van der Waals surface area contributed by atoms with Gasteiger partial charge in [0.1, 0.15) is 5.75 Å². The van der Waals surface area contributed by atoms with Crippen LogP contribution in [0.25, 0.3) is 11.1 Å². The standard InChI is InChI=1S/C14H11NO5.C7H4INO4/c1-20-13-5-3-2-4-12(13)9-6-10(14(16)17)8-11(7-9)15(18)19;8-5-1-4(7(10)11)2-6(3-5)9(12)13/h2-8H,1H3,(H,16,17);1-3H,(H,10,11). The van der Waals surface area contributed by atoms with Crippen LogP contribution in [0.1, 0.15) is 20.7 Å². The Bertz CT molecular complexity index is 1180. The number of benzene rings is 3. The molecule has 0 fully saturated rings. The summed E-state index contributed by atoms with van der Waals surface area (Å²) in [4.78, 5) is 41.6. The van der Waals surface area contributed by atoms with E-state index in [1.165, 1.54) is 31.4 Å². The number of carboxylic acid groups (broad SMARTS) is 2. The van der Waals surface area contributed by atoms with Crippen molar-refractivity contribution in [3.8, 4) is 16.9 Å². The van der Waals surface area contributed by atoms with Crippen molar-refractivity contribution in [2.75, 3.05) is 7.11 Å². The van der Waals surface area contributed by atoms with Gasteiger partial charge in [0.2, 0.25) is 0 Å². The predicted octanol–water partition coefficient (Wildman–Crippen LogP) is 4.87. The third-order valence-electron chi connectivity index (χ3n) is 4.13. The van der Waals surface area contributed by atoms with Crippen molar-refractivity contribution in [3.05, 3.63) is 95.6 Å². The van der Waals surface area contributed by atoms with Gasteiger partial charge in [-0.05, 0) is 46.4 Å². The number of nitro benzene ring substituents is 2. The number of hydrogen-bond donors (Lipinski definition) is 2. The molecule has 0 aliphatic carbocycles. The molecule has 0 atom stereocenters. The van der Waals surface area contributed by atoms with Crippen molar-refractivity contribution in [1.82, 2.24) is 0 Å². The van der Waals surface area contributed by atoms with Crippen LogP contribution in [-0.2, 0) is 0 Å². The number of carboxylic acids is 2. The van der Waals surface area contributed by atoms with Gasteiger partial charge in [0.15, 0.2) is 0 Å². The van der Waals surface area contributed by atoms with Crippen LogP contribution >= 0.6 is 22.6 Å². The van der Waals surface area contributed by atoms with E-state index in [0.29, 0.717) is 20.4 Å². The molecule has 3 aromatic rings. The Morgan fingerprint density at radius 1 is 0.848 bits per heavy atom. The number of hydrogen-bond acceptors (Lipinski definition) is 7. The first kappa shape index (κ1) is 25.2. The molecular weight excluding hydrogens is 551 g/mol. The van der Waals surface area contributed by atoms with E-state index in [2.05, 4.69) is 0 Å². The molecule has 12 heteroatoms. The minimum atomic E-state index is -1.22. The van der Waals surface area contributed by atoms with Crippen molar-refractivity contribution >= 4 is 45.9 Å². The average molecular weight is 566 g/mol. The molecule has 170 valence electrons. The van der Waals surface area contributed by atoms with E-state index in [1.54, 1.807) is 24.3 Å². The van der Waals surface area contributed by atoms with Gasteiger partial charge in [0.05, 0.1) is 28.1 Å². The second kappa shape index (κ2) is 11.0. The Labute approximate surface area is 199 Å². The number of para-hydroxylation sites is 1. The van der Waals surface area contributed by atoms with E-state index in [9.17, 15) is 29.8 Å². The lowest BCUT2D eigenvalue weighted by molar-refractivity contribution is -0.385. The van der Waals surface area contributed by atoms with Gasteiger partial charge >= 0.3 is 11.9 Å². The Morgan fingerprint density at radius 3 is 1.88 bits per heavy atom. The van der Waals surface area contributed by atoms with Crippen LogP contribution in [0, 0.1) is 23.8 Å². The maximum absolute atomic E-state index is 11.1. The van der Waals surface area contributed by atoms with Crippen LogP contribution in [0.15, 0.2) is 60.7 Å². The number of nitrogens with zero attached hydrogens (tertiary/aromatic N) is 2. The second-order valence-corrected chi connectivity index (χ2v) is 7.54. The van der Waals surface area contributed by atoms with Gasteiger partial charge in [-0.2, -0.15) is 0 Å². The van der Waals surface area contributed by atoms with Crippen molar-refractivity contribution in [2.45, 2.75) is 0 Å². The molecule has 0 spiro atoms. The summed E-state index contributed by atoms with van der Waals surface area (Å²) >= 11 is 1.83. The maximum atomic E-state index is 11.1. The van der Waals surface area contributed by atoms with E-state index in [4.69, 9.17) is 14.9 Å². The van der Waals surface area contributed by atoms with Crippen LogP contribution in [0.4, 0.5) is 11.4 Å². The zero-order valence-corrected chi connectivity index (χ0v) is 19.0. The lowest BCUT2D eigenvalue weighted by Gasteiger charge is -2.09. The highest BCUT2D eigenvalue weighted by Gasteiger charge is 2.16. The molecule has 3 rings (SSSR count). The quantitative estimate of drug-likeness (QED) is 0.240. The Kier molecular flexibility index (Phi) is 8.39. The zero-order valence-electron chi connectivity index (χ0n) is 16.8. The second-order valence-electron chi connectivity index (χ2n) is 6.29. The summed E-state index contributed by atoms with van der Waals surface area (Å²) in [7, 11) is 1.48. The molecule has 3 aromatic carbocycles. The van der Waals surface area contributed by atoms with Gasteiger partial charge in [0.25, 0.3) is 11.4 Å². The largest absolute Gasteiger partial charge is 0.496 e. The number of carbonyl (C=O) groups is 2. The molecule has 0 aliphatic rings. The fraction of sp³-hybridized carbons (Fsp3) is 0.0476. The molecule has 0 saturated carbocycles. The molecule has 0 heterocycles. The summed E-state index contributed by atoms with van der Waals surface area (Å²) in [5.74, 6) is -1.86. The summed E-state index contributed by atoms with van der Waals surface area (Å²) in [6, 6.07) is 14.4. The van der Waals surface area contributed by atoms with E-state index < -0.39 is 21.8 Å². The summed E-state index contributed by atoms with van der Waals surface area (Å²) < 4.78 is 5.71. The van der Waals surface area contributed by atoms with Gasteiger partial charge in [-0.3, -0.25) is 20.2 Å². The predicted molar refractivity (Wildman–Crippen MR) is 125 cm³/mol. The van der Waals surface area contributed by atoms with Crippen molar-refractivity contribution in [3.63, 3.8) is 0 Å². The SMILES string of the molecule is COc1ccccc1-c1cc(C(=O)O)cc([N+](=O)[O-])c1.O=C(O)c1cc(I)cc([N+](=O)[O-])c1. The first-order valence-electron chi connectivity index (χ1n) is 8.88. The molecule has 0 aromatic heterocycles. The molecular formula is C21H15IN2O9. The third kappa shape index (κ3) is 6.70. The molecule has 33 heavy (non-hydrogen) atoms. The lowest BCUT2D eigenvalue weighted by atomic mass is 10.0. The smallest absolute Gasteiger partial charge is 0.335 e. The Hall–Kier alpha value is -4.07. The van der Waals surface area contributed by atoms with Crippen LogP contribution in [0.2, 0.25) is 0 Å². The summed E-state index contributed by atoms with van der Waals surface area (Å²) in [5, 5.41) is 38.9. The Balaban J connectivity index is 0.000000257. The van der Waals surface area contributed by atoms with Gasteiger partial charge < -0.3 is 14.9 Å². The van der Waals surface area contributed by atoms with Crippen LogP contribution < -0.4 is 4.74 Å². The highest BCUT2D eigenvalue weighted by Crippen LogP contribution is 2.32. The van der Waals surface area contributed by atoms with Crippen LogP contribution in [0.3, 0.4) is 0 Å². The number of aromatic carboxylic acids is 2. The van der Waals surface area contributed by atoms with Crippen molar-refractivity contribution < 1.29 is 34.4 Å². The zero-order chi connectivity index (χ0) is 24.7. The topological polar surface area (TPSA) is 170 Å². The maximum Gasteiger partial charge on any atom is 0.335 e. The molecule has 0 bridgehead atoms. The average Bonchev–Trinajstić information content (AvgIpc) is 2.78. The Morgan fingerprint density at radius 2 is 1.36 bits per heavy atom. The fourth-order valence-corrected chi connectivity index (χ4v) is 3.34. The molecule has 0 amide bonds. The summed E-state index contributed by atoms with van der Waals surface area (Å²) in [5.41, 5.74) is 0.337. The monoisotopic (exact) mass is 566 g/mol. The number of halogens is 1. The number of ether oxygens (including phenoxy) is 1. The normalized spacial score (nSPS) is 9.88. The number of nitro groups is 2. The fourth-order valence-electron chi connectivity index (χ4n) is 2.68. The van der Waals surface area contributed by atoms with Crippen molar-refractivity contribution in [2.24, 2.45) is 0 Å². The van der Waals surface area contributed by atoms with Crippen LogP contribution in [-0.4, -0.2) is 39.1 Å². The molecule has 11 nitrogen and oxygen atoms in total. The highest BCUT2D eigenvalue weighted by molar-refractivity contribution is 14.1. The first-order chi connectivity index (χ1) is 15.5. The highest BCUT2D eigenvalue weighted by atomic mass is 127. The van der Waals surface area contributed by atoms with E-state index >= 15 is 0 Å². The third-order valence-corrected chi connectivity index (χ3v) is 4.76. The molecule has 0 unspecified atom stereocenters. The number of rotatable bonds is 6. The minimum Gasteiger partial charge on any atom is -0.496 e. The number of methoxy groups -OCH3 is 1. The van der Waals surface area contributed by atoms with E-state index in [0.717, 1.165) is 12.1 Å². The van der Waals surface area contributed by atoms with E-state index in [-0.39, 0.29) is 22.5 Å². The minimum absolute atomic E-state index is 0.0707. The molecule has 0 radical (unpaired) electrons. The number of non-ortho nitro benzene ring substituents is 2.